The lowest BCUT2D eigenvalue weighted by atomic mass is 10.2. The quantitative estimate of drug-likeness (QED) is 0.835. The fourth-order valence-corrected chi connectivity index (χ4v) is 4.02. The lowest BCUT2D eigenvalue weighted by molar-refractivity contribution is 0.255. The molecule has 24 heavy (non-hydrogen) atoms. The van der Waals surface area contributed by atoms with Crippen LogP contribution in [0.15, 0.2) is 58.6 Å². The molecule has 2 heterocycles. The van der Waals surface area contributed by atoms with E-state index in [0.717, 1.165) is 30.8 Å². The molecular weight excluding hydrogens is 324 g/mol. The molecule has 0 bridgehead atoms. The van der Waals surface area contributed by atoms with Gasteiger partial charge in [-0.25, -0.2) is 8.42 Å². The molecule has 3 rings (SSSR count). The van der Waals surface area contributed by atoms with Gasteiger partial charge in [0.1, 0.15) is 5.76 Å². The highest BCUT2D eigenvalue weighted by Crippen LogP contribution is 2.14. The average Bonchev–Trinajstić information content (AvgIpc) is 2.98. The fraction of sp³-hybridized carbons (Fsp3) is 0.333. The highest BCUT2D eigenvalue weighted by molar-refractivity contribution is 7.92. The van der Waals surface area contributed by atoms with Gasteiger partial charge in [0, 0.05) is 25.0 Å². The van der Waals surface area contributed by atoms with Crippen molar-refractivity contribution in [2.75, 3.05) is 26.2 Å². The molecule has 0 amide bonds. The first-order chi connectivity index (χ1) is 11.6. The number of rotatable bonds is 5. The molecule has 0 saturated carbocycles. The second kappa shape index (κ2) is 7.79. The molecule has 1 aliphatic rings. The number of furan rings is 1. The molecule has 0 radical (unpaired) electrons. The summed E-state index contributed by atoms with van der Waals surface area (Å²) in [4.78, 5) is 2.23. The normalized spacial score (nSPS) is 18.0. The third-order valence-electron chi connectivity index (χ3n) is 4.10. The van der Waals surface area contributed by atoms with E-state index in [1.54, 1.807) is 16.6 Å². The van der Waals surface area contributed by atoms with Gasteiger partial charge in [0.2, 0.25) is 10.0 Å². The van der Waals surface area contributed by atoms with E-state index in [2.05, 4.69) is 4.90 Å². The van der Waals surface area contributed by atoms with Crippen LogP contribution < -0.4 is 0 Å². The van der Waals surface area contributed by atoms with Crippen LogP contribution in [-0.4, -0.2) is 43.8 Å². The lowest BCUT2D eigenvalue weighted by Crippen LogP contribution is -2.33. The molecule has 0 aliphatic carbocycles. The number of benzene rings is 1. The van der Waals surface area contributed by atoms with Crippen LogP contribution in [0.4, 0.5) is 0 Å². The van der Waals surface area contributed by atoms with Crippen LogP contribution in [0.25, 0.3) is 6.08 Å². The summed E-state index contributed by atoms with van der Waals surface area (Å²) in [5.74, 6) is 0.912. The minimum atomic E-state index is -3.39. The van der Waals surface area contributed by atoms with Crippen molar-refractivity contribution >= 4 is 16.1 Å². The van der Waals surface area contributed by atoms with Crippen LogP contribution in [0.3, 0.4) is 0 Å². The second-order valence-corrected chi connectivity index (χ2v) is 7.68. The van der Waals surface area contributed by atoms with Gasteiger partial charge in [-0.3, -0.25) is 4.90 Å². The lowest BCUT2D eigenvalue weighted by Gasteiger charge is -2.19. The van der Waals surface area contributed by atoms with E-state index in [4.69, 9.17) is 4.42 Å². The van der Waals surface area contributed by atoms with Gasteiger partial charge in [-0.05, 0) is 36.7 Å². The van der Waals surface area contributed by atoms with Crippen molar-refractivity contribution in [1.82, 2.24) is 9.21 Å². The van der Waals surface area contributed by atoms with Gasteiger partial charge in [-0.2, -0.15) is 4.31 Å². The monoisotopic (exact) mass is 346 g/mol. The molecule has 0 spiro atoms. The maximum absolute atomic E-state index is 12.5. The average molecular weight is 346 g/mol. The Morgan fingerprint density at radius 2 is 1.83 bits per heavy atom. The number of hydrogen-bond donors (Lipinski definition) is 0. The molecular formula is C18H22N2O3S. The van der Waals surface area contributed by atoms with Gasteiger partial charge in [0.15, 0.2) is 0 Å². The first-order valence-electron chi connectivity index (χ1n) is 8.11. The summed E-state index contributed by atoms with van der Waals surface area (Å²) in [5.41, 5.74) is 0.885. The molecule has 5 nitrogen and oxygen atoms in total. The SMILES string of the molecule is O=S(=O)(C=Cc1ccccc1)N1CCCN(Cc2ccco2)CC1. The summed E-state index contributed by atoms with van der Waals surface area (Å²) < 4.78 is 32.0. The number of hydrogen-bond acceptors (Lipinski definition) is 4. The van der Waals surface area contributed by atoms with Gasteiger partial charge in [0.05, 0.1) is 12.8 Å². The molecule has 1 fully saturated rings. The Balaban J connectivity index is 1.61. The molecule has 1 saturated heterocycles. The van der Waals surface area contributed by atoms with Crippen molar-refractivity contribution < 1.29 is 12.8 Å². The van der Waals surface area contributed by atoms with Crippen molar-refractivity contribution in [2.24, 2.45) is 0 Å². The highest BCUT2D eigenvalue weighted by Gasteiger charge is 2.23. The molecule has 6 heteroatoms. The summed E-state index contributed by atoms with van der Waals surface area (Å²) in [5, 5.41) is 1.31. The van der Waals surface area contributed by atoms with Crippen molar-refractivity contribution in [3.8, 4) is 0 Å². The van der Waals surface area contributed by atoms with E-state index in [9.17, 15) is 8.42 Å². The Kier molecular flexibility index (Phi) is 5.50. The Morgan fingerprint density at radius 3 is 2.58 bits per heavy atom. The van der Waals surface area contributed by atoms with Crippen LogP contribution in [0, 0.1) is 0 Å². The van der Waals surface area contributed by atoms with Gasteiger partial charge < -0.3 is 4.42 Å². The minimum Gasteiger partial charge on any atom is -0.468 e. The Hall–Kier alpha value is -1.89. The zero-order valence-corrected chi connectivity index (χ0v) is 14.4. The highest BCUT2D eigenvalue weighted by atomic mass is 32.2. The van der Waals surface area contributed by atoms with Crippen molar-refractivity contribution in [3.05, 3.63) is 65.5 Å². The summed E-state index contributed by atoms with van der Waals surface area (Å²) in [6, 6.07) is 13.3. The number of sulfonamides is 1. The minimum absolute atomic E-state index is 0.502. The zero-order valence-electron chi connectivity index (χ0n) is 13.5. The Bertz CT molecular complexity index is 755. The maximum atomic E-state index is 12.5. The predicted molar refractivity (Wildman–Crippen MR) is 94.6 cm³/mol. The van der Waals surface area contributed by atoms with E-state index in [1.807, 2.05) is 42.5 Å². The molecule has 1 aliphatic heterocycles. The molecule has 0 unspecified atom stereocenters. The predicted octanol–water partition coefficient (Wildman–Crippen LogP) is 2.79. The third kappa shape index (κ3) is 4.56. The van der Waals surface area contributed by atoms with Crippen LogP contribution >= 0.6 is 0 Å². The summed E-state index contributed by atoms with van der Waals surface area (Å²) in [6.07, 6.45) is 4.14. The van der Waals surface area contributed by atoms with Crippen molar-refractivity contribution in [3.63, 3.8) is 0 Å². The molecule has 2 aromatic rings. The Morgan fingerprint density at radius 1 is 1.00 bits per heavy atom. The van der Waals surface area contributed by atoms with Gasteiger partial charge in [-0.15, -0.1) is 0 Å². The Labute approximate surface area is 143 Å². The smallest absolute Gasteiger partial charge is 0.236 e. The van der Waals surface area contributed by atoms with Crippen molar-refractivity contribution in [2.45, 2.75) is 13.0 Å². The van der Waals surface area contributed by atoms with Crippen LogP contribution in [-0.2, 0) is 16.6 Å². The molecule has 1 aromatic heterocycles. The van der Waals surface area contributed by atoms with Crippen LogP contribution in [0.1, 0.15) is 17.7 Å². The summed E-state index contributed by atoms with van der Waals surface area (Å²) in [7, 11) is -3.39. The second-order valence-electron chi connectivity index (χ2n) is 5.87. The summed E-state index contributed by atoms with van der Waals surface area (Å²) in [6.45, 7) is 3.35. The largest absolute Gasteiger partial charge is 0.468 e. The molecule has 0 atom stereocenters. The standard InChI is InChI=1S/C18H22N2O3S/c21-24(22,15-9-17-6-2-1-3-7-17)20-11-5-10-19(12-13-20)16-18-8-4-14-23-18/h1-4,6-9,14-15H,5,10-13,16H2. The first kappa shape index (κ1) is 17.0. The summed E-state index contributed by atoms with van der Waals surface area (Å²) >= 11 is 0. The van der Waals surface area contributed by atoms with Crippen LogP contribution in [0.5, 0.6) is 0 Å². The molecule has 1 aromatic carbocycles. The van der Waals surface area contributed by atoms with E-state index >= 15 is 0 Å². The maximum Gasteiger partial charge on any atom is 0.236 e. The zero-order chi connectivity index (χ0) is 16.8. The fourth-order valence-electron chi connectivity index (χ4n) is 2.80. The van der Waals surface area contributed by atoms with E-state index < -0.39 is 10.0 Å². The third-order valence-corrected chi connectivity index (χ3v) is 5.66. The van der Waals surface area contributed by atoms with E-state index in [1.165, 1.54) is 5.41 Å². The van der Waals surface area contributed by atoms with Gasteiger partial charge >= 0.3 is 0 Å². The van der Waals surface area contributed by atoms with Crippen LogP contribution in [0.2, 0.25) is 0 Å². The number of nitrogens with zero attached hydrogens (tertiary/aromatic N) is 2. The van der Waals surface area contributed by atoms with Crippen molar-refractivity contribution in [1.29, 1.82) is 0 Å². The van der Waals surface area contributed by atoms with Gasteiger partial charge in [-0.1, -0.05) is 30.3 Å². The van der Waals surface area contributed by atoms with E-state index in [0.29, 0.717) is 19.6 Å². The topological polar surface area (TPSA) is 53.8 Å². The molecule has 0 N–H and O–H groups in total. The molecule has 128 valence electrons. The first-order valence-corrected chi connectivity index (χ1v) is 9.62. The van der Waals surface area contributed by atoms with Gasteiger partial charge in [0.25, 0.3) is 0 Å². The van der Waals surface area contributed by atoms with E-state index in [-0.39, 0.29) is 0 Å².